The van der Waals surface area contributed by atoms with Crippen LogP contribution in [0.15, 0.2) is 43.1 Å². The SMILES string of the molecule is C=C[C@@H]1C[C@]1(CC(=O)[C@@H]1CC(Oc2nccc3cc(OC)ccc23)CN1C(=O)[C@@H](CC(=O)CC(C)(C)CC)C(C)(C)C)C(=O)NS(=O)(=O)C1CC1. The normalized spacial score (nSPS) is 24.1. The Morgan fingerprint density at radius 2 is 1.84 bits per heavy atom. The molecule has 11 nitrogen and oxygen atoms in total. The van der Waals surface area contributed by atoms with Gasteiger partial charge < -0.3 is 14.4 Å². The summed E-state index contributed by atoms with van der Waals surface area (Å²) in [5.74, 6) is -1.47. The topological polar surface area (TPSA) is 149 Å². The van der Waals surface area contributed by atoms with E-state index in [1.54, 1.807) is 25.4 Å². The number of ketones is 2. The first-order valence-corrected chi connectivity index (χ1v) is 19.5. The first kappa shape index (κ1) is 38.4. The van der Waals surface area contributed by atoms with Crippen molar-refractivity contribution in [2.45, 2.75) is 110 Å². The third-order valence-electron chi connectivity index (χ3n) is 11.1. The van der Waals surface area contributed by atoms with Crippen LogP contribution in [0, 0.1) is 28.1 Å². The van der Waals surface area contributed by atoms with Crippen LogP contribution < -0.4 is 14.2 Å². The summed E-state index contributed by atoms with van der Waals surface area (Å²) >= 11 is 0. The van der Waals surface area contributed by atoms with Gasteiger partial charge in [-0.15, -0.1) is 6.58 Å². The minimum absolute atomic E-state index is 0.0142. The van der Waals surface area contributed by atoms with E-state index >= 15 is 0 Å². The van der Waals surface area contributed by atoms with Crippen molar-refractivity contribution >= 4 is 44.2 Å². The van der Waals surface area contributed by atoms with E-state index in [4.69, 9.17) is 9.47 Å². The Balaban J connectivity index is 1.44. The van der Waals surface area contributed by atoms with Gasteiger partial charge in [0.15, 0.2) is 5.78 Å². The number of methoxy groups -OCH3 is 1. The molecule has 1 unspecified atom stereocenters. The molecule has 5 atom stereocenters. The minimum Gasteiger partial charge on any atom is -0.497 e. The third kappa shape index (κ3) is 8.47. The van der Waals surface area contributed by atoms with Crippen LogP contribution in [-0.2, 0) is 29.2 Å². The molecule has 5 rings (SSSR count). The number of likely N-dealkylation sites (tertiary alicyclic amines) is 1. The zero-order chi connectivity index (χ0) is 37.5. The number of hydrogen-bond donors (Lipinski definition) is 1. The second-order valence-electron chi connectivity index (χ2n) is 16.6. The molecule has 1 aliphatic heterocycles. The monoisotopic (exact) mass is 723 g/mol. The number of fused-ring (bicyclic) bond motifs is 1. The van der Waals surface area contributed by atoms with Crippen molar-refractivity contribution in [3.8, 4) is 11.6 Å². The summed E-state index contributed by atoms with van der Waals surface area (Å²) in [6, 6.07) is 6.39. The maximum absolute atomic E-state index is 14.6. The number of nitrogens with one attached hydrogen (secondary N) is 1. The van der Waals surface area contributed by atoms with Crippen molar-refractivity contribution in [3.05, 3.63) is 43.1 Å². The number of amides is 2. The summed E-state index contributed by atoms with van der Waals surface area (Å²) in [4.78, 5) is 61.9. The second-order valence-corrected chi connectivity index (χ2v) is 18.5. The molecule has 278 valence electrons. The average molecular weight is 724 g/mol. The molecule has 1 aromatic carbocycles. The minimum atomic E-state index is -3.84. The lowest BCUT2D eigenvalue weighted by Crippen LogP contribution is -2.48. The largest absolute Gasteiger partial charge is 0.497 e. The summed E-state index contributed by atoms with van der Waals surface area (Å²) in [6.07, 6.45) is 4.92. The van der Waals surface area contributed by atoms with Gasteiger partial charge in [-0.3, -0.25) is 23.9 Å². The highest BCUT2D eigenvalue weighted by Crippen LogP contribution is 2.57. The number of hydrogen-bond acceptors (Lipinski definition) is 9. The Morgan fingerprint density at radius 3 is 2.43 bits per heavy atom. The highest BCUT2D eigenvalue weighted by atomic mass is 32.2. The molecule has 12 heteroatoms. The first-order valence-electron chi connectivity index (χ1n) is 18.0. The predicted octanol–water partition coefficient (Wildman–Crippen LogP) is 5.80. The van der Waals surface area contributed by atoms with Crippen molar-refractivity contribution in [2.24, 2.45) is 28.1 Å². The molecular formula is C39H53N3O8S. The number of aromatic nitrogens is 1. The average Bonchev–Trinajstić information content (AvgIpc) is 3.99. The van der Waals surface area contributed by atoms with Crippen LogP contribution in [0.3, 0.4) is 0 Å². The smallest absolute Gasteiger partial charge is 0.240 e. The molecule has 2 aliphatic carbocycles. The Morgan fingerprint density at radius 1 is 1.14 bits per heavy atom. The van der Waals surface area contributed by atoms with Gasteiger partial charge >= 0.3 is 0 Å². The molecule has 51 heavy (non-hydrogen) atoms. The van der Waals surface area contributed by atoms with Crippen molar-refractivity contribution in [3.63, 3.8) is 0 Å². The van der Waals surface area contributed by atoms with Crippen LogP contribution in [-0.4, -0.2) is 72.7 Å². The molecule has 3 fully saturated rings. The molecule has 2 saturated carbocycles. The first-order chi connectivity index (χ1) is 23.8. The Kier molecular flexibility index (Phi) is 10.8. The summed E-state index contributed by atoms with van der Waals surface area (Å²) in [6.45, 7) is 15.7. The molecule has 2 aromatic rings. The predicted molar refractivity (Wildman–Crippen MR) is 195 cm³/mol. The van der Waals surface area contributed by atoms with Gasteiger partial charge in [0, 0.05) is 43.2 Å². The van der Waals surface area contributed by atoms with Crippen LogP contribution >= 0.6 is 0 Å². The molecule has 0 spiro atoms. The maximum Gasteiger partial charge on any atom is 0.240 e. The number of carbonyl (C=O) groups excluding carboxylic acids is 4. The van der Waals surface area contributed by atoms with Gasteiger partial charge in [-0.05, 0) is 65.7 Å². The molecule has 2 heterocycles. The second kappa shape index (κ2) is 14.3. The number of rotatable bonds is 16. The van der Waals surface area contributed by atoms with E-state index in [1.807, 2.05) is 59.7 Å². The number of allylic oxidation sites excluding steroid dienone is 1. The van der Waals surface area contributed by atoms with E-state index in [2.05, 4.69) is 16.3 Å². The fourth-order valence-corrected chi connectivity index (χ4v) is 8.55. The van der Waals surface area contributed by atoms with Gasteiger partial charge in [0.05, 0.1) is 30.4 Å². The number of benzene rings is 1. The molecule has 0 bridgehead atoms. The fraction of sp³-hybridized carbons (Fsp3) is 0.615. The van der Waals surface area contributed by atoms with Gasteiger partial charge in [-0.1, -0.05) is 54.0 Å². The van der Waals surface area contributed by atoms with Gasteiger partial charge in [-0.2, -0.15) is 0 Å². The van der Waals surface area contributed by atoms with E-state index in [0.29, 0.717) is 30.9 Å². The highest BCUT2D eigenvalue weighted by molar-refractivity contribution is 7.90. The molecule has 0 radical (unpaired) electrons. The Hall–Kier alpha value is -3.80. The Labute approximate surface area is 302 Å². The molecule has 3 aliphatic rings. The summed E-state index contributed by atoms with van der Waals surface area (Å²) < 4.78 is 39.5. The number of sulfonamides is 1. The van der Waals surface area contributed by atoms with E-state index in [1.165, 1.54) is 4.90 Å². The van der Waals surface area contributed by atoms with E-state index in [-0.39, 0.29) is 61.0 Å². The summed E-state index contributed by atoms with van der Waals surface area (Å²) in [7, 11) is -2.25. The standard InChI is InChI=1S/C39H53N3O8S/c1-9-25-20-39(25,36(46)41-51(47,48)29-12-13-29)22-33(44)32-19-28(50-34-30-14-11-27(49-8)17-24(30)15-16-40-34)23-42(32)35(45)31(37(3,4)5)18-26(43)21-38(6,7)10-2/h9,11,14-17,25,28-29,31-32H,1,10,12-13,18-23H2,2-8H3,(H,41,46)/t25-,28?,31-,32+,39-/m1/s1. The Bertz CT molecular complexity index is 1810. The quantitative estimate of drug-likeness (QED) is 0.212. The van der Waals surface area contributed by atoms with Gasteiger partial charge in [0.25, 0.3) is 0 Å². The molecule has 2 amide bonds. The summed E-state index contributed by atoms with van der Waals surface area (Å²) in [5.41, 5.74) is -2.08. The maximum atomic E-state index is 14.6. The lowest BCUT2D eigenvalue weighted by atomic mass is 9.74. The van der Waals surface area contributed by atoms with Crippen LogP contribution in [0.2, 0.25) is 0 Å². The number of ether oxygens (including phenoxy) is 2. The number of pyridine rings is 1. The van der Waals surface area contributed by atoms with Gasteiger partial charge in [0.2, 0.25) is 27.7 Å². The fourth-order valence-electron chi connectivity index (χ4n) is 7.17. The zero-order valence-corrected chi connectivity index (χ0v) is 31.8. The third-order valence-corrected chi connectivity index (χ3v) is 12.9. The number of Topliss-reactive ketones (excluding diaryl/α,β-unsaturated/α-hetero) is 2. The number of carbonyl (C=O) groups is 4. The van der Waals surface area contributed by atoms with Crippen molar-refractivity contribution < 1.29 is 37.1 Å². The molecule has 1 aromatic heterocycles. The van der Waals surface area contributed by atoms with Crippen LogP contribution in [0.25, 0.3) is 10.8 Å². The van der Waals surface area contributed by atoms with E-state index < -0.39 is 50.1 Å². The van der Waals surface area contributed by atoms with Crippen molar-refractivity contribution in [1.82, 2.24) is 14.6 Å². The van der Waals surface area contributed by atoms with Crippen LogP contribution in [0.5, 0.6) is 11.6 Å². The van der Waals surface area contributed by atoms with Crippen LogP contribution in [0.1, 0.15) is 92.9 Å². The molecular weight excluding hydrogens is 671 g/mol. The van der Waals surface area contributed by atoms with E-state index in [0.717, 1.165) is 17.2 Å². The van der Waals surface area contributed by atoms with Crippen molar-refractivity contribution in [2.75, 3.05) is 13.7 Å². The van der Waals surface area contributed by atoms with E-state index in [9.17, 15) is 27.6 Å². The molecule has 1 N–H and O–H groups in total. The molecule has 1 saturated heterocycles. The lowest BCUT2D eigenvalue weighted by molar-refractivity contribution is -0.146. The van der Waals surface area contributed by atoms with Gasteiger partial charge in [-0.25, -0.2) is 13.4 Å². The van der Waals surface area contributed by atoms with Gasteiger partial charge in [0.1, 0.15) is 17.6 Å². The lowest BCUT2D eigenvalue weighted by Gasteiger charge is -2.35. The highest BCUT2D eigenvalue weighted by Gasteiger charge is 2.61. The van der Waals surface area contributed by atoms with Crippen molar-refractivity contribution in [1.29, 1.82) is 0 Å². The summed E-state index contributed by atoms with van der Waals surface area (Å²) in [5, 5.41) is 0.985. The van der Waals surface area contributed by atoms with Crippen LogP contribution in [0.4, 0.5) is 0 Å². The number of nitrogens with zero attached hydrogens (tertiary/aromatic N) is 2. The zero-order valence-electron chi connectivity index (χ0n) is 31.0.